The van der Waals surface area contributed by atoms with Crippen LogP contribution in [0.2, 0.25) is 0 Å². The van der Waals surface area contributed by atoms with E-state index in [1.54, 1.807) is 0 Å². The van der Waals surface area contributed by atoms with Crippen LogP contribution in [-0.4, -0.2) is 12.5 Å². The van der Waals surface area contributed by atoms with Crippen molar-refractivity contribution in [1.29, 1.82) is 0 Å². The van der Waals surface area contributed by atoms with Gasteiger partial charge in [-0.1, -0.05) is 6.07 Å². The zero-order valence-corrected chi connectivity index (χ0v) is 11.2. The summed E-state index contributed by atoms with van der Waals surface area (Å²) >= 11 is 0. The Labute approximate surface area is 115 Å². The second-order valence-electron chi connectivity index (χ2n) is 3.92. The second kappa shape index (κ2) is 7.35. The van der Waals surface area contributed by atoms with Crippen LogP contribution in [0.1, 0.15) is 24.0 Å². The van der Waals surface area contributed by atoms with Gasteiger partial charge in [0.25, 0.3) is 0 Å². The number of halogens is 4. The van der Waals surface area contributed by atoms with Gasteiger partial charge in [0.2, 0.25) is 5.91 Å². The van der Waals surface area contributed by atoms with Crippen molar-refractivity contribution >= 4 is 24.0 Å². The number of hydrogen-bond donors (Lipinski definition) is 2. The monoisotopic (exact) mass is 296 g/mol. The fraction of sp³-hybridized carbons (Fsp3) is 0.417. The van der Waals surface area contributed by atoms with E-state index in [-0.39, 0.29) is 36.0 Å². The molecule has 1 rings (SSSR count). The van der Waals surface area contributed by atoms with Crippen molar-refractivity contribution in [2.75, 3.05) is 11.9 Å². The van der Waals surface area contributed by atoms with Crippen LogP contribution in [0.3, 0.4) is 0 Å². The number of nitrogens with one attached hydrogen (secondary N) is 1. The van der Waals surface area contributed by atoms with E-state index in [0.29, 0.717) is 13.0 Å². The smallest absolute Gasteiger partial charge is 0.330 e. The van der Waals surface area contributed by atoms with Gasteiger partial charge in [0, 0.05) is 12.1 Å². The van der Waals surface area contributed by atoms with Crippen molar-refractivity contribution in [2.24, 2.45) is 5.73 Å². The molecule has 3 nitrogen and oxygen atoms in total. The van der Waals surface area contributed by atoms with E-state index in [0.717, 1.165) is 6.07 Å². The second-order valence-corrected chi connectivity index (χ2v) is 3.92. The number of alkyl halides is 3. The third kappa shape index (κ3) is 5.08. The molecule has 7 heteroatoms. The highest BCUT2D eigenvalue weighted by molar-refractivity contribution is 5.91. The molecule has 0 aromatic heterocycles. The molecule has 0 unspecified atom stereocenters. The van der Waals surface area contributed by atoms with Gasteiger partial charge in [0.15, 0.2) is 0 Å². The number of nitrogens with two attached hydrogens (primary N) is 1. The zero-order chi connectivity index (χ0) is 13.8. The fourth-order valence-electron chi connectivity index (χ4n) is 1.55. The molecule has 0 spiro atoms. The van der Waals surface area contributed by atoms with E-state index >= 15 is 0 Å². The molecule has 0 atom stereocenters. The molecule has 3 N–H and O–H groups in total. The first kappa shape index (κ1) is 17.7. The van der Waals surface area contributed by atoms with Crippen molar-refractivity contribution in [2.45, 2.75) is 25.9 Å². The first-order valence-electron chi connectivity index (χ1n) is 5.53. The average molecular weight is 297 g/mol. The quantitative estimate of drug-likeness (QED) is 0.897. The Bertz CT molecular complexity index is 435. The fourth-order valence-corrected chi connectivity index (χ4v) is 1.55. The van der Waals surface area contributed by atoms with Crippen molar-refractivity contribution in [3.05, 3.63) is 29.3 Å². The van der Waals surface area contributed by atoms with E-state index in [1.807, 2.05) is 0 Å². The molecule has 0 aliphatic rings. The number of rotatable bonds is 4. The summed E-state index contributed by atoms with van der Waals surface area (Å²) in [6.45, 7) is 1.70. The average Bonchev–Trinajstić information content (AvgIpc) is 2.27. The minimum Gasteiger partial charge on any atom is -0.330 e. The van der Waals surface area contributed by atoms with Gasteiger partial charge in [-0.3, -0.25) is 4.79 Å². The molecule has 0 fully saturated rings. The largest absolute Gasteiger partial charge is 0.416 e. The third-order valence-electron chi connectivity index (χ3n) is 2.52. The summed E-state index contributed by atoms with van der Waals surface area (Å²) in [4.78, 5) is 11.4. The minimum atomic E-state index is -4.41. The van der Waals surface area contributed by atoms with Crippen molar-refractivity contribution in [3.63, 3.8) is 0 Å². The van der Waals surface area contributed by atoms with Gasteiger partial charge in [0.1, 0.15) is 0 Å². The highest BCUT2D eigenvalue weighted by Gasteiger charge is 2.32. The van der Waals surface area contributed by atoms with E-state index in [9.17, 15) is 18.0 Å². The van der Waals surface area contributed by atoms with E-state index in [4.69, 9.17) is 5.73 Å². The summed E-state index contributed by atoms with van der Waals surface area (Å²) in [5.74, 6) is -0.331. The first-order valence-corrected chi connectivity index (χ1v) is 5.53. The topological polar surface area (TPSA) is 55.1 Å². The van der Waals surface area contributed by atoms with Crippen LogP contribution in [0.4, 0.5) is 18.9 Å². The zero-order valence-electron chi connectivity index (χ0n) is 10.4. The Morgan fingerprint density at radius 2 is 2.00 bits per heavy atom. The number of amides is 1. The molecule has 0 bridgehead atoms. The Balaban J connectivity index is 0.00000324. The highest BCUT2D eigenvalue weighted by Crippen LogP contribution is 2.34. The normalized spacial score (nSPS) is 10.8. The van der Waals surface area contributed by atoms with E-state index in [1.165, 1.54) is 19.1 Å². The SMILES string of the molecule is Cc1c(NC(=O)CCCN)cccc1C(F)(F)F.Cl. The molecule has 0 radical (unpaired) electrons. The van der Waals surface area contributed by atoms with E-state index in [2.05, 4.69) is 5.32 Å². The first-order chi connectivity index (χ1) is 8.36. The van der Waals surface area contributed by atoms with Gasteiger partial charge in [-0.25, -0.2) is 0 Å². The van der Waals surface area contributed by atoms with Crippen LogP contribution in [0, 0.1) is 6.92 Å². The lowest BCUT2D eigenvalue weighted by atomic mass is 10.1. The van der Waals surface area contributed by atoms with Gasteiger partial charge in [-0.15, -0.1) is 12.4 Å². The van der Waals surface area contributed by atoms with Gasteiger partial charge >= 0.3 is 6.18 Å². The Hall–Kier alpha value is -1.27. The predicted octanol–water partition coefficient (Wildman–Crippen LogP) is 3.11. The summed E-state index contributed by atoms with van der Waals surface area (Å²) in [6.07, 6.45) is -3.71. The summed E-state index contributed by atoms with van der Waals surface area (Å²) in [6, 6.07) is 3.71. The lowest BCUT2D eigenvalue weighted by Gasteiger charge is -2.14. The molecule has 0 heterocycles. The molecule has 0 aliphatic carbocycles. The highest BCUT2D eigenvalue weighted by atomic mass is 35.5. The standard InChI is InChI=1S/C12H15F3N2O.ClH/c1-8-9(12(13,14)15)4-2-5-10(8)17-11(18)6-3-7-16;/h2,4-5H,3,6-7,16H2,1H3,(H,17,18);1H. The molecule has 0 aliphatic heterocycles. The van der Waals surface area contributed by atoms with Crippen molar-refractivity contribution < 1.29 is 18.0 Å². The Kier molecular flexibility index (Phi) is 6.86. The van der Waals surface area contributed by atoms with Crippen LogP contribution in [-0.2, 0) is 11.0 Å². The number of anilines is 1. The number of hydrogen-bond acceptors (Lipinski definition) is 2. The molecule has 108 valence electrons. The van der Waals surface area contributed by atoms with Crippen LogP contribution >= 0.6 is 12.4 Å². The van der Waals surface area contributed by atoms with Gasteiger partial charge in [0.05, 0.1) is 5.56 Å². The van der Waals surface area contributed by atoms with Crippen LogP contribution < -0.4 is 11.1 Å². The van der Waals surface area contributed by atoms with Crippen LogP contribution in [0.15, 0.2) is 18.2 Å². The number of benzene rings is 1. The summed E-state index contributed by atoms with van der Waals surface area (Å²) in [5.41, 5.74) is 4.72. The molecule has 0 saturated heterocycles. The van der Waals surface area contributed by atoms with Gasteiger partial charge < -0.3 is 11.1 Å². The van der Waals surface area contributed by atoms with Crippen LogP contribution in [0.5, 0.6) is 0 Å². The molecule has 19 heavy (non-hydrogen) atoms. The lowest BCUT2D eigenvalue weighted by Crippen LogP contribution is -2.16. The van der Waals surface area contributed by atoms with Crippen molar-refractivity contribution in [3.8, 4) is 0 Å². The Morgan fingerprint density at radius 1 is 1.37 bits per heavy atom. The molecule has 1 amide bonds. The summed E-state index contributed by atoms with van der Waals surface area (Å²) in [5, 5.41) is 2.46. The van der Waals surface area contributed by atoms with Gasteiger partial charge in [-0.05, 0) is 37.6 Å². The summed E-state index contributed by atoms with van der Waals surface area (Å²) < 4.78 is 37.9. The number of carbonyl (C=O) groups is 1. The molecule has 1 aromatic rings. The maximum atomic E-state index is 12.6. The van der Waals surface area contributed by atoms with E-state index < -0.39 is 11.7 Å². The maximum Gasteiger partial charge on any atom is 0.416 e. The minimum absolute atomic E-state index is 0. The third-order valence-corrected chi connectivity index (χ3v) is 2.52. The van der Waals surface area contributed by atoms with Gasteiger partial charge in [-0.2, -0.15) is 13.2 Å². The summed E-state index contributed by atoms with van der Waals surface area (Å²) in [7, 11) is 0. The lowest BCUT2D eigenvalue weighted by molar-refractivity contribution is -0.138. The van der Waals surface area contributed by atoms with Crippen molar-refractivity contribution in [1.82, 2.24) is 0 Å². The van der Waals surface area contributed by atoms with Crippen LogP contribution in [0.25, 0.3) is 0 Å². The maximum absolute atomic E-state index is 12.6. The predicted molar refractivity (Wildman–Crippen MR) is 70.3 cm³/mol. The molecular formula is C12H16ClF3N2O. The molecular weight excluding hydrogens is 281 g/mol. The number of carbonyl (C=O) groups excluding carboxylic acids is 1. The Morgan fingerprint density at radius 3 is 2.53 bits per heavy atom. The molecule has 1 aromatic carbocycles. The molecule has 0 saturated carbocycles.